The highest BCUT2D eigenvalue weighted by Gasteiger charge is 2.29. The number of hydrogen-bond donors (Lipinski definition) is 2. The molecule has 0 radical (unpaired) electrons. The lowest BCUT2D eigenvalue weighted by Gasteiger charge is -2.22. The number of piperidine rings is 1. The maximum Gasteiger partial charge on any atom is 0.268 e. The second kappa shape index (κ2) is 5.78. The third-order valence-electron chi connectivity index (χ3n) is 3.15. The Kier molecular flexibility index (Phi) is 4.27. The molecule has 1 aromatic rings. The van der Waals surface area contributed by atoms with E-state index in [1.165, 1.54) is 0 Å². The number of imide groups is 1. The number of rotatable bonds is 3. The van der Waals surface area contributed by atoms with Gasteiger partial charge in [-0.2, -0.15) is 0 Å². The van der Waals surface area contributed by atoms with Crippen molar-refractivity contribution >= 4 is 33.7 Å². The van der Waals surface area contributed by atoms with E-state index in [0.29, 0.717) is 12.1 Å². The first kappa shape index (κ1) is 14.8. The summed E-state index contributed by atoms with van der Waals surface area (Å²) in [5, 5.41) is 4.89. The normalized spacial score (nSPS) is 19.1. The standard InChI is InChI=1S/C13H16BrN3O3/c1-7(2)17-6-8(14)5-10(17)13(20)15-9-3-4-11(18)16-12(9)19/h5-7,9H,3-4H2,1-2H3,(H,15,20)(H,16,18,19). The predicted octanol–water partition coefficient (Wildman–Crippen LogP) is 1.37. The topological polar surface area (TPSA) is 80.2 Å². The van der Waals surface area contributed by atoms with Crippen molar-refractivity contribution in [2.24, 2.45) is 0 Å². The smallest absolute Gasteiger partial charge is 0.268 e. The maximum atomic E-state index is 12.3. The Morgan fingerprint density at radius 1 is 1.50 bits per heavy atom. The van der Waals surface area contributed by atoms with Crippen molar-refractivity contribution in [2.45, 2.75) is 38.8 Å². The number of nitrogens with one attached hydrogen (secondary N) is 2. The van der Waals surface area contributed by atoms with E-state index in [4.69, 9.17) is 0 Å². The van der Waals surface area contributed by atoms with E-state index < -0.39 is 11.9 Å². The van der Waals surface area contributed by atoms with Gasteiger partial charge in [0.2, 0.25) is 11.8 Å². The molecule has 6 nitrogen and oxygen atoms in total. The van der Waals surface area contributed by atoms with Gasteiger partial charge in [0.05, 0.1) is 0 Å². The van der Waals surface area contributed by atoms with Crippen LogP contribution in [0.5, 0.6) is 0 Å². The number of hydrogen-bond acceptors (Lipinski definition) is 3. The summed E-state index contributed by atoms with van der Waals surface area (Å²) < 4.78 is 2.63. The van der Waals surface area contributed by atoms with Crippen LogP contribution in [0.1, 0.15) is 43.2 Å². The Morgan fingerprint density at radius 2 is 2.20 bits per heavy atom. The van der Waals surface area contributed by atoms with E-state index in [1.54, 1.807) is 6.07 Å². The molecule has 1 saturated heterocycles. The molecule has 1 aromatic heterocycles. The Bertz CT molecular complexity index is 565. The van der Waals surface area contributed by atoms with Crippen molar-refractivity contribution in [1.82, 2.24) is 15.2 Å². The molecule has 2 N–H and O–H groups in total. The van der Waals surface area contributed by atoms with Crippen molar-refractivity contribution in [2.75, 3.05) is 0 Å². The summed E-state index contributed by atoms with van der Waals surface area (Å²) in [5.74, 6) is -1.07. The quantitative estimate of drug-likeness (QED) is 0.814. The van der Waals surface area contributed by atoms with Crippen molar-refractivity contribution in [3.05, 3.63) is 22.4 Å². The van der Waals surface area contributed by atoms with Gasteiger partial charge in [-0.05, 0) is 42.3 Å². The fourth-order valence-electron chi connectivity index (χ4n) is 2.12. The molecule has 20 heavy (non-hydrogen) atoms. The van der Waals surface area contributed by atoms with E-state index >= 15 is 0 Å². The molecule has 0 bridgehead atoms. The zero-order valence-corrected chi connectivity index (χ0v) is 12.9. The average molecular weight is 342 g/mol. The first-order valence-electron chi connectivity index (χ1n) is 6.40. The van der Waals surface area contributed by atoms with Crippen LogP contribution in [-0.4, -0.2) is 28.3 Å². The highest BCUT2D eigenvalue weighted by atomic mass is 79.9. The fraction of sp³-hybridized carbons (Fsp3) is 0.462. The van der Waals surface area contributed by atoms with Gasteiger partial charge in [0.1, 0.15) is 11.7 Å². The Balaban J connectivity index is 2.12. The molecule has 1 fully saturated rings. The first-order valence-corrected chi connectivity index (χ1v) is 7.19. The molecule has 7 heteroatoms. The number of carbonyl (C=O) groups excluding carboxylic acids is 3. The van der Waals surface area contributed by atoms with Crippen molar-refractivity contribution in [3.8, 4) is 0 Å². The molecule has 0 aromatic carbocycles. The van der Waals surface area contributed by atoms with Gasteiger partial charge < -0.3 is 9.88 Å². The van der Waals surface area contributed by atoms with Crippen LogP contribution >= 0.6 is 15.9 Å². The molecule has 0 aliphatic carbocycles. The van der Waals surface area contributed by atoms with Gasteiger partial charge in [-0.15, -0.1) is 0 Å². The van der Waals surface area contributed by atoms with Crippen LogP contribution < -0.4 is 10.6 Å². The Labute approximate surface area is 125 Å². The van der Waals surface area contributed by atoms with E-state index in [2.05, 4.69) is 26.6 Å². The van der Waals surface area contributed by atoms with Crippen LogP contribution in [0.3, 0.4) is 0 Å². The summed E-state index contributed by atoms with van der Waals surface area (Å²) >= 11 is 3.34. The zero-order valence-electron chi connectivity index (χ0n) is 11.3. The molecular formula is C13H16BrN3O3. The van der Waals surface area contributed by atoms with E-state index in [0.717, 1.165) is 4.47 Å². The molecule has 1 aliphatic rings. The largest absolute Gasteiger partial charge is 0.340 e. The summed E-state index contributed by atoms with van der Waals surface area (Å²) in [6.07, 6.45) is 2.40. The third kappa shape index (κ3) is 3.09. The Hall–Kier alpha value is -1.63. The minimum atomic E-state index is -0.658. The minimum Gasteiger partial charge on any atom is -0.340 e. The van der Waals surface area contributed by atoms with E-state index in [1.807, 2.05) is 24.6 Å². The monoisotopic (exact) mass is 341 g/mol. The van der Waals surface area contributed by atoms with Gasteiger partial charge in [-0.3, -0.25) is 19.7 Å². The molecule has 108 valence electrons. The van der Waals surface area contributed by atoms with E-state index in [-0.39, 0.29) is 24.3 Å². The lowest BCUT2D eigenvalue weighted by molar-refractivity contribution is -0.134. The van der Waals surface area contributed by atoms with Gasteiger partial charge in [0.15, 0.2) is 0 Å². The van der Waals surface area contributed by atoms with Crippen molar-refractivity contribution in [3.63, 3.8) is 0 Å². The average Bonchev–Trinajstić information content (AvgIpc) is 2.75. The predicted molar refractivity (Wildman–Crippen MR) is 76.2 cm³/mol. The van der Waals surface area contributed by atoms with Gasteiger partial charge in [-0.25, -0.2) is 0 Å². The van der Waals surface area contributed by atoms with Crippen molar-refractivity contribution < 1.29 is 14.4 Å². The van der Waals surface area contributed by atoms with Crippen molar-refractivity contribution in [1.29, 1.82) is 0 Å². The van der Waals surface area contributed by atoms with Gasteiger partial charge in [0, 0.05) is 23.1 Å². The summed E-state index contributed by atoms with van der Waals surface area (Å²) in [5.41, 5.74) is 0.483. The number of halogens is 1. The molecule has 3 amide bonds. The third-order valence-corrected chi connectivity index (χ3v) is 3.58. The second-order valence-electron chi connectivity index (χ2n) is 5.02. The fourth-order valence-corrected chi connectivity index (χ4v) is 2.56. The first-order chi connectivity index (χ1) is 9.38. The number of carbonyl (C=O) groups is 3. The summed E-state index contributed by atoms with van der Waals surface area (Å²) in [4.78, 5) is 35.0. The van der Waals surface area contributed by atoms with Crippen LogP contribution in [0.4, 0.5) is 0 Å². The van der Waals surface area contributed by atoms with Crippen LogP contribution in [0, 0.1) is 0 Å². The number of amides is 3. The number of aromatic nitrogens is 1. The van der Waals surface area contributed by atoms with Gasteiger partial charge in [0.25, 0.3) is 5.91 Å². The van der Waals surface area contributed by atoms with Gasteiger partial charge >= 0.3 is 0 Å². The molecule has 1 atom stereocenters. The minimum absolute atomic E-state index is 0.129. The molecule has 2 rings (SSSR count). The molecule has 2 heterocycles. The summed E-state index contributed by atoms with van der Waals surface area (Å²) in [6, 6.07) is 1.18. The second-order valence-corrected chi connectivity index (χ2v) is 5.94. The maximum absolute atomic E-state index is 12.3. The van der Waals surface area contributed by atoms with Crippen LogP contribution in [0.25, 0.3) is 0 Å². The molecular weight excluding hydrogens is 326 g/mol. The zero-order chi connectivity index (χ0) is 14.9. The molecule has 1 aliphatic heterocycles. The van der Waals surface area contributed by atoms with Gasteiger partial charge in [-0.1, -0.05) is 0 Å². The highest BCUT2D eigenvalue weighted by molar-refractivity contribution is 9.10. The van der Waals surface area contributed by atoms with Crippen LogP contribution in [-0.2, 0) is 9.59 Å². The Morgan fingerprint density at radius 3 is 2.80 bits per heavy atom. The highest BCUT2D eigenvalue weighted by Crippen LogP contribution is 2.19. The SMILES string of the molecule is CC(C)n1cc(Br)cc1C(=O)NC1CCC(=O)NC1=O. The molecule has 1 unspecified atom stereocenters. The van der Waals surface area contributed by atoms with E-state index in [9.17, 15) is 14.4 Å². The lowest BCUT2D eigenvalue weighted by Crippen LogP contribution is -2.52. The molecule has 0 saturated carbocycles. The summed E-state index contributed by atoms with van der Waals surface area (Å²) in [7, 11) is 0. The molecule has 0 spiro atoms. The van der Waals surface area contributed by atoms with Crippen LogP contribution in [0.2, 0.25) is 0 Å². The lowest BCUT2D eigenvalue weighted by atomic mass is 10.1. The summed E-state index contributed by atoms with van der Waals surface area (Å²) in [6.45, 7) is 3.93. The number of nitrogens with zero attached hydrogens (tertiary/aromatic N) is 1. The van der Waals surface area contributed by atoms with Crippen LogP contribution in [0.15, 0.2) is 16.7 Å².